The number of nitrogens with zero attached hydrogens (tertiary/aromatic N) is 2. The Labute approximate surface area is 123 Å². The summed E-state index contributed by atoms with van der Waals surface area (Å²) < 4.78 is 3.29. The zero-order valence-corrected chi connectivity index (χ0v) is 13.3. The first-order valence-electron chi connectivity index (χ1n) is 6.73. The minimum atomic E-state index is 0.927. The number of aromatic nitrogens is 2. The molecule has 0 unspecified atom stereocenters. The first kappa shape index (κ1) is 14.1. The van der Waals surface area contributed by atoms with Gasteiger partial charge >= 0.3 is 0 Å². The number of benzene rings is 1. The minimum Gasteiger partial charge on any atom is -0.325 e. The molecule has 1 N–H and O–H groups in total. The Morgan fingerprint density at radius 1 is 1.32 bits per heavy atom. The van der Waals surface area contributed by atoms with E-state index in [4.69, 9.17) is 0 Å². The number of hydrogen-bond acceptors (Lipinski definition) is 2. The highest BCUT2D eigenvalue weighted by Gasteiger charge is 2.08. The van der Waals surface area contributed by atoms with Crippen LogP contribution in [-0.2, 0) is 13.0 Å². The molecule has 0 amide bonds. The van der Waals surface area contributed by atoms with Gasteiger partial charge in [0.15, 0.2) is 0 Å². The van der Waals surface area contributed by atoms with Gasteiger partial charge in [0, 0.05) is 22.9 Å². The topological polar surface area (TPSA) is 29.9 Å². The number of halogens is 1. The van der Waals surface area contributed by atoms with E-state index in [1.165, 1.54) is 5.56 Å². The molecule has 4 heteroatoms. The Bertz CT molecular complexity index is 561. The van der Waals surface area contributed by atoms with Crippen molar-refractivity contribution in [3.05, 3.63) is 40.1 Å². The summed E-state index contributed by atoms with van der Waals surface area (Å²) >= 11 is 3.52. The van der Waals surface area contributed by atoms with Crippen LogP contribution in [0.4, 0.5) is 11.6 Å². The maximum Gasteiger partial charge on any atom is 0.207 e. The Morgan fingerprint density at radius 3 is 2.79 bits per heavy atom. The SMILES string of the molecule is CCCn1cc(C)nc1Nc1ccc(Br)cc1CC. The van der Waals surface area contributed by atoms with Crippen LogP contribution in [0.15, 0.2) is 28.9 Å². The fourth-order valence-electron chi connectivity index (χ4n) is 2.16. The van der Waals surface area contributed by atoms with E-state index in [1.807, 2.05) is 6.92 Å². The smallest absolute Gasteiger partial charge is 0.207 e. The highest BCUT2D eigenvalue weighted by Crippen LogP contribution is 2.25. The molecule has 0 aliphatic carbocycles. The molecular weight excluding hydrogens is 302 g/mol. The summed E-state index contributed by atoms with van der Waals surface area (Å²) in [5.41, 5.74) is 3.47. The Hall–Kier alpha value is -1.29. The first-order valence-corrected chi connectivity index (χ1v) is 7.52. The molecule has 0 bridgehead atoms. The Balaban J connectivity index is 2.30. The van der Waals surface area contributed by atoms with Crippen molar-refractivity contribution in [1.29, 1.82) is 0 Å². The summed E-state index contributed by atoms with van der Waals surface area (Å²) in [4.78, 5) is 4.56. The van der Waals surface area contributed by atoms with Gasteiger partial charge in [-0.05, 0) is 43.5 Å². The van der Waals surface area contributed by atoms with E-state index in [9.17, 15) is 0 Å². The molecule has 0 saturated carbocycles. The van der Waals surface area contributed by atoms with Gasteiger partial charge in [0.25, 0.3) is 0 Å². The first-order chi connectivity index (χ1) is 9.13. The number of imidazole rings is 1. The number of nitrogens with one attached hydrogen (secondary N) is 1. The predicted octanol–water partition coefficient (Wildman–Crippen LogP) is 4.67. The Kier molecular flexibility index (Phi) is 4.64. The van der Waals surface area contributed by atoms with Crippen LogP contribution >= 0.6 is 15.9 Å². The average Bonchev–Trinajstić information content (AvgIpc) is 2.72. The van der Waals surface area contributed by atoms with Gasteiger partial charge in [-0.1, -0.05) is 29.8 Å². The van der Waals surface area contributed by atoms with E-state index in [0.717, 1.165) is 41.2 Å². The van der Waals surface area contributed by atoms with Gasteiger partial charge in [0.05, 0.1) is 5.69 Å². The number of rotatable bonds is 5. The molecule has 0 saturated heterocycles. The van der Waals surface area contributed by atoms with Gasteiger partial charge < -0.3 is 9.88 Å². The molecule has 19 heavy (non-hydrogen) atoms. The molecule has 2 rings (SSSR count). The summed E-state index contributed by atoms with van der Waals surface area (Å²) in [6.45, 7) is 7.35. The van der Waals surface area contributed by atoms with Crippen molar-refractivity contribution in [1.82, 2.24) is 9.55 Å². The Morgan fingerprint density at radius 2 is 2.11 bits per heavy atom. The zero-order chi connectivity index (χ0) is 13.8. The van der Waals surface area contributed by atoms with E-state index in [0.29, 0.717) is 0 Å². The maximum absolute atomic E-state index is 4.56. The average molecular weight is 322 g/mol. The standard InChI is InChI=1S/C15H20BrN3/c1-4-8-19-10-11(3)17-15(19)18-14-7-6-13(16)9-12(14)5-2/h6-7,9-10H,4-5,8H2,1-3H3,(H,17,18). The lowest BCUT2D eigenvalue weighted by Gasteiger charge is -2.12. The monoisotopic (exact) mass is 321 g/mol. The predicted molar refractivity (Wildman–Crippen MR) is 84.1 cm³/mol. The summed E-state index contributed by atoms with van der Waals surface area (Å²) in [7, 11) is 0. The molecule has 1 aromatic carbocycles. The third kappa shape index (κ3) is 3.38. The fraction of sp³-hybridized carbons (Fsp3) is 0.400. The lowest BCUT2D eigenvalue weighted by molar-refractivity contribution is 0.686. The van der Waals surface area contributed by atoms with Gasteiger partial charge in [-0.3, -0.25) is 0 Å². The van der Waals surface area contributed by atoms with Crippen molar-refractivity contribution >= 4 is 27.6 Å². The van der Waals surface area contributed by atoms with Gasteiger partial charge in [-0.25, -0.2) is 4.98 Å². The van der Waals surface area contributed by atoms with Crippen molar-refractivity contribution in [2.75, 3.05) is 5.32 Å². The fourth-order valence-corrected chi connectivity index (χ4v) is 2.56. The van der Waals surface area contributed by atoms with Crippen molar-refractivity contribution in [2.45, 2.75) is 40.2 Å². The second-order valence-corrected chi connectivity index (χ2v) is 5.59. The highest BCUT2D eigenvalue weighted by molar-refractivity contribution is 9.10. The van der Waals surface area contributed by atoms with E-state index in [2.05, 4.69) is 69.0 Å². The van der Waals surface area contributed by atoms with Crippen LogP contribution in [0.25, 0.3) is 0 Å². The molecule has 0 spiro atoms. The molecule has 0 aliphatic rings. The number of anilines is 2. The minimum absolute atomic E-state index is 0.927. The maximum atomic E-state index is 4.56. The van der Waals surface area contributed by atoms with E-state index in [-0.39, 0.29) is 0 Å². The lowest BCUT2D eigenvalue weighted by Crippen LogP contribution is -2.04. The molecule has 3 nitrogen and oxygen atoms in total. The summed E-state index contributed by atoms with van der Waals surface area (Å²) in [6, 6.07) is 6.31. The van der Waals surface area contributed by atoms with Crippen molar-refractivity contribution < 1.29 is 0 Å². The van der Waals surface area contributed by atoms with E-state index in [1.54, 1.807) is 0 Å². The van der Waals surface area contributed by atoms with Crippen LogP contribution in [0.5, 0.6) is 0 Å². The summed E-state index contributed by atoms with van der Waals surface area (Å²) in [5.74, 6) is 0.927. The second-order valence-electron chi connectivity index (χ2n) is 4.68. The third-order valence-electron chi connectivity index (χ3n) is 3.06. The van der Waals surface area contributed by atoms with Gasteiger partial charge in [0.1, 0.15) is 0 Å². The van der Waals surface area contributed by atoms with E-state index >= 15 is 0 Å². The van der Waals surface area contributed by atoms with Crippen molar-refractivity contribution in [3.8, 4) is 0 Å². The van der Waals surface area contributed by atoms with Crippen LogP contribution in [0.2, 0.25) is 0 Å². The van der Waals surface area contributed by atoms with E-state index < -0.39 is 0 Å². The molecule has 0 aliphatic heterocycles. The largest absolute Gasteiger partial charge is 0.325 e. The van der Waals surface area contributed by atoms with Crippen LogP contribution < -0.4 is 5.32 Å². The van der Waals surface area contributed by atoms with Crippen LogP contribution in [0.1, 0.15) is 31.5 Å². The number of aryl methyl sites for hydroxylation is 3. The number of hydrogen-bond donors (Lipinski definition) is 1. The molecular formula is C15H20BrN3. The summed E-state index contributed by atoms with van der Waals surface area (Å²) in [5, 5.41) is 3.46. The quantitative estimate of drug-likeness (QED) is 0.867. The molecule has 1 heterocycles. The molecule has 2 aromatic rings. The van der Waals surface area contributed by atoms with Gasteiger partial charge in [-0.15, -0.1) is 0 Å². The molecule has 0 radical (unpaired) electrons. The molecule has 0 atom stereocenters. The third-order valence-corrected chi connectivity index (χ3v) is 3.55. The molecule has 1 aromatic heterocycles. The second kappa shape index (κ2) is 6.24. The molecule has 102 valence electrons. The normalized spacial score (nSPS) is 10.7. The van der Waals surface area contributed by atoms with Gasteiger partial charge in [0.2, 0.25) is 5.95 Å². The van der Waals surface area contributed by atoms with Crippen LogP contribution in [0, 0.1) is 6.92 Å². The highest BCUT2D eigenvalue weighted by atomic mass is 79.9. The lowest BCUT2D eigenvalue weighted by atomic mass is 10.1. The summed E-state index contributed by atoms with van der Waals surface area (Å²) in [6.07, 6.45) is 4.19. The van der Waals surface area contributed by atoms with Crippen molar-refractivity contribution in [3.63, 3.8) is 0 Å². The van der Waals surface area contributed by atoms with Crippen molar-refractivity contribution in [2.24, 2.45) is 0 Å². The molecule has 0 fully saturated rings. The van der Waals surface area contributed by atoms with Crippen LogP contribution in [0.3, 0.4) is 0 Å². The van der Waals surface area contributed by atoms with Gasteiger partial charge in [-0.2, -0.15) is 0 Å². The van der Waals surface area contributed by atoms with Crippen LogP contribution in [-0.4, -0.2) is 9.55 Å². The zero-order valence-electron chi connectivity index (χ0n) is 11.7.